The number of nitriles is 1. The largest absolute Gasteiger partial charge is 0.455 e. The molecule has 6 aromatic carbocycles. The molecule has 0 saturated carbocycles. The third-order valence-electron chi connectivity index (χ3n) is 11.6. The van der Waals surface area contributed by atoms with Crippen molar-refractivity contribution in [2.24, 2.45) is 5.73 Å². The van der Waals surface area contributed by atoms with E-state index in [4.69, 9.17) is 25.2 Å². The number of piperazine rings is 3. The van der Waals surface area contributed by atoms with Gasteiger partial charge in [-0.15, -0.1) is 0 Å². The molecule has 0 radical (unpaired) electrons. The number of nitrogens with two attached hydrogens (primary N) is 1. The molecule has 6 aromatic rings. The van der Waals surface area contributed by atoms with E-state index in [0.717, 1.165) is 145 Å². The molecule has 3 N–H and O–H groups in total. The van der Waals surface area contributed by atoms with Gasteiger partial charge in [0.15, 0.2) is 17.2 Å². The van der Waals surface area contributed by atoms with Gasteiger partial charge in [-0.2, -0.15) is 5.26 Å². The third kappa shape index (κ3) is 14.5. The Hall–Kier alpha value is -6.55. The average molecular weight is 873 g/mol. The molecule has 3 aliphatic rings. The van der Waals surface area contributed by atoms with Crippen molar-refractivity contribution in [2.45, 2.75) is 12.8 Å². The van der Waals surface area contributed by atoms with Crippen molar-refractivity contribution in [3.05, 3.63) is 164 Å². The standard InChI is InChI=1S/C19H25N3O.C19H21N3O.C16H18N2O/c2*20-11-6-12-21-13-15-22(16-14-21)18-9-4-5-10-19(18)23-17-7-2-1-3-8-17;1-2-6-14(7-3-1)19-16-9-5-4-8-15(16)18-12-10-17-11-13-18/h1-5,7-10H,6,11-16,20H2;1-5,7-10H,6,12-16H2;1-9,17H,10-13H2. The molecule has 3 fully saturated rings. The predicted octanol–water partition coefficient (Wildman–Crippen LogP) is 9.35. The number of rotatable bonds is 14. The van der Waals surface area contributed by atoms with Crippen LogP contribution in [0.1, 0.15) is 12.8 Å². The average Bonchev–Trinajstić information content (AvgIpc) is 3.38. The van der Waals surface area contributed by atoms with Gasteiger partial charge in [0, 0.05) is 91.5 Å². The monoisotopic (exact) mass is 873 g/mol. The number of anilines is 3. The van der Waals surface area contributed by atoms with Crippen LogP contribution in [-0.4, -0.2) is 108 Å². The second-order valence-electron chi connectivity index (χ2n) is 16.1. The fourth-order valence-electron chi connectivity index (χ4n) is 8.11. The Morgan fingerprint density at radius 3 is 1.14 bits per heavy atom. The molecule has 338 valence electrons. The molecule has 3 heterocycles. The van der Waals surface area contributed by atoms with E-state index in [1.54, 1.807) is 0 Å². The summed E-state index contributed by atoms with van der Waals surface area (Å²) in [6.45, 7) is 15.0. The molecule has 0 bridgehead atoms. The maximum absolute atomic E-state index is 8.70. The van der Waals surface area contributed by atoms with Crippen LogP contribution >= 0.6 is 0 Å². The quantitative estimate of drug-likeness (QED) is 0.109. The van der Waals surface area contributed by atoms with Gasteiger partial charge < -0.3 is 40.0 Å². The zero-order chi connectivity index (χ0) is 44.7. The van der Waals surface area contributed by atoms with Gasteiger partial charge in [-0.05, 0) is 92.3 Å². The molecular formula is C54H64N8O3. The van der Waals surface area contributed by atoms with Crippen molar-refractivity contribution in [1.29, 1.82) is 5.26 Å². The van der Waals surface area contributed by atoms with E-state index >= 15 is 0 Å². The van der Waals surface area contributed by atoms with Gasteiger partial charge >= 0.3 is 0 Å². The first-order chi connectivity index (χ1) is 32.2. The summed E-state index contributed by atoms with van der Waals surface area (Å²) in [7, 11) is 0. The number of hydrogen-bond acceptors (Lipinski definition) is 11. The zero-order valence-corrected chi connectivity index (χ0v) is 37.6. The van der Waals surface area contributed by atoms with Crippen LogP contribution in [0.3, 0.4) is 0 Å². The fourth-order valence-corrected chi connectivity index (χ4v) is 8.11. The Labute approximate surface area is 386 Å². The lowest BCUT2D eigenvalue weighted by molar-refractivity contribution is 0.256. The van der Waals surface area contributed by atoms with Crippen LogP contribution < -0.4 is 40.0 Å². The van der Waals surface area contributed by atoms with E-state index in [2.05, 4.69) is 72.3 Å². The zero-order valence-electron chi connectivity index (χ0n) is 37.6. The summed E-state index contributed by atoms with van der Waals surface area (Å²) in [4.78, 5) is 12.0. The summed E-state index contributed by atoms with van der Waals surface area (Å²) in [6.07, 6.45) is 1.68. The maximum atomic E-state index is 8.70. The molecule has 3 aliphatic heterocycles. The number of ether oxygens (including phenoxy) is 3. The third-order valence-corrected chi connectivity index (χ3v) is 11.6. The molecule has 0 unspecified atom stereocenters. The lowest BCUT2D eigenvalue weighted by Gasteiger charge is -2.36. The highest BCUT2D eigenvalue weighted by Crippen LogP contribution is 2.35. The highest BCUT2D eigenvalue weighted by Gasteiger charge is 2.21. The van der Waals surface area contributed by atoms with E-state index in [0.29, 0.717) is 6.42 Å². The van der Waals surface area contributed by atoms with E-state index < -0.39 is 0 Å². The Bertz CT molecular complexity index is 2290. The van der Waals surface area contributed by atoms with Crippen LogP contribution in [0, 0.1) is 11.3 Å². The second-order valence-corrected chi connectivity index (χ2v) is 16.1. The lowest BCUT2D eigenvalue weighted by Crippen LogP contribution is -2.47. The SMILES string of the molecule is N#CCCN1CCN(c2ccccc2Oc2ccccc2)CC1.NCCCN1CCN(c2ccccc2Oc2ccccc2)CC1.c1ccc(Oc2ccccc2N2CCNCC2)cc1. The first kappa shape index (κ1) is 46.4. The van der Waals surface area contributed by atoms with Crippen molar-refractivity contribution in [3.63, 3.8) is 0 Å². The minimum Gasteiger partial charge on any atom is -0.455 e. The van der Waals surface area contributed by atoms with Gasteiger partial charge in [0.25, 0.3) is 0 Å². The fraction of sp³-hybridized carbons (Fsp3) is 0.315. The van der Waals surface area contributed by atoms with Crippen molar-refractivity contribution in [1.82, 2.24) is 15.1 Å². The van der Waals surface area contributed by atoms with E-state index in [9.17, 15) is 0 Å². The first-order valence-corrected chi connectivity index (χ1v) is 23.1. The molecule has 0 aliphatic carbocycles. The molecule has 0 amide bonds. The summed E-state index contributed by atoms with van der Waals surface area (Å²) in [5, 5.41) is 12.1. The van der Waals surface area contributed by atoms with Gasteiger partial charge in [0.1, 0.15) is 17.2 Å². The van der Waals surface area contributed by atoms with Crippen LogP contribution in [-0.2, 0) is 0 Å². The summed E-state index contributed by atoms with van der Waals surface area (Å²) in [6, 6.07) is 56.7. The topological polar surface area (TPSA) is 106 Å². The van der Waals surface area contributed by atoms with Crippen molar-refractivity contribution < 1.29 is 14.2 Å². The summed E-state index contributed by atoms with van der Waals surface area (Å²) < 4.78 is 18.1. The van der Waals surface area contributed by atoms with Crippen LogP contribution in [0.15, 0.2) is 164 Å². The smallest absolute Gasteiger partial charge is 0.150 e. The van der Waals surface area contributed by atoms with Crippen LogP contribution in [0.4, 0.5) is 17.1 Å². The molecule has 11 nitrogen and oxygen atoms in total. The van der Waals surface area contributed by atoms with E-state index in [1.165, 1.54) is 11.4 Å². The Balaban J connectivity index is 0.000000146. The molecule has 0 aromatic heterocycles. The molecule has 0 atom stereocenters. The molecule has 65 heavy (non-hydrogen) atoms. The van der Waals surface area contributed by atoms with Gasteiger partial charge in [0.2, 0.25) is 0 Å². The number of nitrogens with one attached hydrogen (secondary N) is 1. The molecule has 0 spiro atoms. The minimum absolute atomic E-state index is 0.605. The molecule has 11 heteroatoms. The molecule has 3 saturated heterocycles. The van der Waals surface area contributed by atoms with E-state index in [-0.39, 0.29) is 0 Å². The van der Waals surface area contributed by atoms with Gasteiger partial charge in [-0.1, -0.05) is 91.0 Å². The van der Waals surface area contributed by atoms with Crippen LogP contribution in [0.5, 0.6) is 34.5 Å². The normalized spacial score (nSPS) is 15.4. The van der Waals surface area contributed by atoms with Gasteiger partial charge in [0.05, 0.1) is 23.1 Å². The minimum atomic E-state index is 0.605. The number of hydrogen-bond donors (Lipinski definition) is 2. The van der Waals surface area contributed by atoms with E-state index in [1.807, 2.05) is 127 Å². The first-order valence-electron chi connectivity index (χ1n) is 23.1. The summed E-state index contributed by atoms with van der Waals surface area (Å²) >= 11 is 0. The Kier molecular flexibility index (Phi) is 18.3. The number of benzene rings is 6. The predicted molar refractivity (Wildman–Crippen MR) is 265 cm³/mol. The molecular weight excluding hydrogens is 809 g/mol. The van der Waals surface area contributed by atoms with Crippen LogP contribution in [0.25, 0.3) is 0 Å². The maximum Gasteiger partial charge on any atom is 0.150 e. The number of para-hydroxylation sites is 9. The second kappa shape index (κ2) is 25.7. The van der Waals surface area contributed by atoms with Crippen molar-refractivity contribution >= 4 is 17.1 Å². The van der Waals surface area contributed by atoms with Crippen molar-refractivity contribution in [3.8, 4) is 40.6 Å². The summed E-state index contributed by atoms with van der Waals surface area (Å²) in [5.41, 5.74) is 9.09. The van der Waals surface area contributed by atoms with Gasteiger partial charge in [-0.3, -0.25) is 9.80 Å². The molecule has 9 rings (SSSR count). The Morgan fingerprint density at radius 2 is 0.769 bits per heavy atom. The van der Waals surface area contributed by atoms with Crippen molar-refractivity contribution in [2.75, 3.05) is 113 Å². The van der Waals surface area contributed by atoms with Gasteiger partial charge in [-0.25, -0.2) is 0 Å². The number of nitrogens with zero attached hydrogens (tertiary/aromatic N) is 6. The lowest BCUT2D eigenvalue weighted by atomic mass is 10.2. The Morgan fingerprint density at radius 1 is 0.431 bits per heavy atom. The highest BCUT2D eigenvalue weighted by atomic mass is 16.5. The highest BCUT2D eigenvalue weighted by molar-refractivity contribution is 5.62. The summed E-state index contributed by atoms with van der Waals surface area (Å²) in [5.74, 6) is 5.35. The van der Waals surface area contributed by atoms with Crippen LogP contribution in [0.2, 0.25) is 0 Å².